The van der Waals surface area contributed by atoms with E-state index in [1.165, 1.54) is 37.4 Å². The Morgan fingerprint density at radius 2 is 1.66 bits per heavy atom. The number of nitrogens with zero attached hydrogens (tertiary/aromatic N) is 2. The summed E-state index contributed by atoms with van der Waals surface area (Å²) in [5.74, 6) is 2.10. The quantitative estimate of drug-likeness (QED) is 0.0842. The van der Waals surface area contributed by atoms with Crippen molar-refractivity contribution in [1.29, 1.82) is 0 Å². The number of carbonyl (C=O) groups excluding carboxylic acids is 1. The first-order chi connectivity index (χ1) is 23.3. The number of hydrogen-bond acceptors (Lipinski definition) is 7. The van der Waals surface area contributed by atoms with Crippen molar-refractivity contribution in [2.45, 2.75) is 107 Å². The van der Waals surface area contributed by atoms with Crippen molar-refractivity contribution >= 4 is 69.1 Å². The molecule has 6 aromatic rings. The van der Waals surface area contributed by atoms with Gasteiger partial charge in [0.2, 0.25) is 0 Å². The van der Waals surface area contributed by atoms with Crippen LogP contribution in [0.2, 0.25) is 0 Å². The Morgan fingerprint density at radius 1 is 0.980 bits per heavy atom. The minimum Gasteiger partial charge on any atom is -0.512 e. The number of aromatic nitrogens is 2. The molecule has 1 N–H and O–H groups in total. The number of furan rings is 1. The minimum absolute atomic E-state index is 0. The van der Waals surface area contributed by atoms with Crippen LogP contribution in [0.3, 0.4) is 0 Å². The first-order valence-corrected chi connectivity index (χ1v) is 19.4. The van der Waals surface area contributed by atoms with E-state index in [0.29, 0.717) is 5.92 Å². The van der Waals surface area contributed by atoms with Gasteiger partial charge in [0.25, 0.3) is 0 Å². The number of hydrogen-bond donors (Lipinski definition) is 1. The molecule has 0 atom stereocenters. The molecule has 0 fully saturated rings. The van der Waals surface area contributed by atoms with E-state index < -0.39 is 0 Å². The number of carbonyl (C=O) groups is 1. The number of aliphatic hydroxyl groups is 1. The van der Waals surface area contributed by atoms with Gasteiger partial charge in [-0.1, -0.05) is 80.5 Å². The Kier molecular flexibility index (Phi) is 13.3. The molecule has 4 aromatic heterocycles. The first kappa shape index (κ1) is 39.9. The second kappa shape index (κ2) is 16.6. The number of rotatable bonds is 10. The zero-order valence-corrected chi connectivity index (χ0v) is 35.1. The van der Waals surface area contributed by atoms with E-state index >= 15 is 0 Å². The second-order valence-electron chi connectivity index (χ2n) is 14.6. The van der Waals surface area contributed by atoms with Crippen molar-refractivity contribution < 1.29 is 34.4 Å². The smallest absolute Gasteiger partial charge is 0.162 e. The van der Waals surface area contributed by atoms with Crippen LogP contribution in [0.5, 0.6) is 0 Å². The molecule has 0 saturated heterocycles. The predicted octanol–water partition coefficient (Wildman–Crippen LogP) is 12.9. The fourth-order valence-corrected chi connectivity index (χ4v) is 9.09. The van der Waals surface area contributed by atoms with Crippen LogP contribution >= 0.6 is 22.7 Å². The number of benzene rings is 2. The summed E-state index contributed by atoms with van der Waals surface area (Å²) in [4.78, 5) is 21.2. The molecule has 8 heteroatoms. The third-order valence-electron chi connectivity index (χ3n) is 9.43. The molecule has 0 unspecified atom stereocenters. The molecule has 6 rings (SSSR count). The van der Waals surface area contributed by atoms with Gasteiger partial charge in [-0.15, -0.1) is 34.6 Å². The number of fused-ring (bicyclic) bond motifs is 6. The zero-order chi connectivity index (χ0) is 35.6. The van der Waals surface area contributed by atoms with Gasteiger partial charge in [0.15, 0.2) is 5.78 Å². The molecule has 0 amide bonds. The maximum Gasteiger partial charge on any atom is 0.162 e. The number of aliphatic hydroxyl groups excluding tert-OH is 1. The van der Waals surface area contributed by atoms with Crippen LogP contribution in [0, 0.1) is 30.7 Å². The Labute approximate surface area is 319 Å². The summed E-state index contributed by atoms with van der Waals surface area (Å²) < 4.78 is 10.9. The monoisotopic (exact) mass is 888 g/mol. The van der Waals surface area contributed by atoms with Gasteiger partial charge in [-0.3, -0.25) is 9.78 Å². The van der Waals surface area contributed by atoms with E-state index in [4.69, 9.17) is 14.4 Å². The Bertz CT molecular complexity index is 2120. The molecular weight excluding hydrogens is 837 g/mol. The van der Waals surface area contributed by atoms with Gasteiger partial charge in [0.1, 0.15) is 17.7 Å². The van der Waals surface area contributed by atoms with Crippen molar-refractivity contribution in [3.63, 3.8) is 0 Å². The molecule has 0 aliphatic heterocycles. The number of aryl methyl sites for hydroxylation is 1. The third-order valence-corrected chi connectivity index (χ3v) is 11.7. The van der Waals surface area contributed by atoms with Gasteiger partial charge in [-0.2, -0.15) is 11.3 Å². The summed E-state index contributed by atoms with van der Waals surface area (Å²) in [6, 6.07) is 14.7. The summed E-state index contributed by atoms with van der Waals surface area (Å²) in [7, 11) is 0. The number of ketones is 1. The third kappa shape index (κ3) is 8.25. The van der Waals surface area contributed by atoms with Crippen LogP contribution in [0.25, 0.3) is 51.9 Å². The van der Waals surface area contributed by atoms with Crippen molar-refractivity contribution in [1.82, 2.24) is 9.97 Å². The predicted molar refractivity (Wildman–Crippen MR) is 210 cm³/mol. The van der Waals surface area contributed by atoms with Gasteiger partial charge < -0.3 is 9.52 Å². The fourth-order valence-electron chi connectivity index (χ4n) is 6.66. The van der Waals surface area contributed by atoms with Crippen LogP contribution in [-0.4, -0.2) is 20.9 Å². The largest absolute Gasteiger partial charge is 0.512 e. The van der Waals surface area contributed by atoms with Crippen molar-refractivity contribution in [2.75, 3.05) is 0 Å². The van der Waals surface area contributed by atoms with Crippen LogP contribution < -0.4 is 0 Å². The van der Waals surface area contributed by atoms with Crippen LogP contribution in [0.1, 0.15) is 105 Å². The molecule has 5 nitrogen and oxygen atoms in total. The number of thiophene rings is 2. The molecule has 4 heterocycles. The van der Waals surface area contributed by atoms with Gasteiger partial charge in [-0.25, -0.2) is 4.98 Å². The van der Waals surface area contributed by atoms with Crippen molar-refractivity contribution in [3.05, 3.63) is 71.4 Å². The van der Waals surface area contributed by atoms with Crippen LogP contribution in [0.15, 0.2) is 52.9 Å². The topological polar surface area (TPSA) is 76.2 Å². The molecule has 50 heavy (non-hydrogen) atoms. The van der Waals surface area contributed by atoms with E-state index in [-0.39, 0.29) is 48.9 Å². The fraction of sp³-hybridized carbons (Fsp3) is 0.452. The van der Waals surface area contributed by atoms with Crippen molar-refractivity contribution in [2.24, 2.45) is 17.8 Å². The normalized spacial score (nSPS) is 12.5. The molecule has 2 aromatic carbocycles. The average molecular weight is 888 g/mol. The summed E-state index contributed by atoms with van der Waals surface area (Å²) in [5, 5.41) is 12.2. The van der Waals surface area contributed by atoms with Gasteiger partial charge >= 0.3 is 0 Å². The molecular formula is C42H51IrN2O3S2-. The minimum atomic E-state index is -0.0481. The van der Waals surface area contributed by atoms with Gasteiger partial charge in [-0.05, 0) is 72.1 Å². The molecule has 0 aliphatic carbocycles. The average Bonchev–Trinajstić information content (AvgIpc) is 3.71. The summed E-state index contributed by atoms with van der Waals surface area (Å²) >= 11 is 3.57. The summed E-state index contributed by atoms with van der Waals surface area (Å²) in [5.41, 5.74) is 6.64. The zero-order valence-electron chi connectivity index (χ0n) is 31.1. The van der Waals surface area contributed by atoms with Crippen LogP contribution in [-0.2, 0) is 36.7 Å². The van der Waals surface area contributed by atoms with Gasteiger partial charge in [0.05, 0.1) is 16.0 Å². The molecule has 0 aliphatic rings. The summed E-state index contributed by atoms with van der Waals surface area (Å²) in [6.07, 6.45) is 7.67. The number of allylic oxidation sites excluding steroid dienone is 2. The maximum atomic E-state index is 11.7. The Morgan fingerprint density at radius 3 is 2.28 bits per heavy atom. The SMILES string of the molecule is CCC(CC)C(=O)/C=C(\O)C(CC)CC.Cc1cc2sc3[c-]c(-c4ncnc5c4sc4c(CC(C)C)cccc45)cc(C(C)(C)C)c3c2o1.[Ir]. The maximum absolute atomic E-state index is 11.7. The standard InChI is InChI=1S/C29H27N2OS2.C13H24O2.Ir/c1-15(2)10-17-8-7-9-19-25-28(34-27(17)19)24(30-14-31-25)18-12-20(29(4,5)6)23-21(13-18)33-22-11-16(3)32-26(22)23;1-5-10(6-2)12(14)9-13(15)11(7-3)8-4;/h7-9,11-12,14-15H,10H2,1-6H3;9-11,14H,5-8H2,1-4H3;/q-1;;/b;12-9-;. The van der Waals surface area contributed by atoms with E-state index in [1.54, 1.807) is 17.7 Å². The van der Waals surface area contributed by atoms with E-state index in [2.05, 4.69) is 71.0 Å². The molecule has 0 saturated carbocycles. The Balaban J connectivity index is 0.000000301. The van der Waals surface area contributed by atoms with Crippen molar-refractivity contribution in [3.8, 4) is 11.3 Å². The molecule has 0 spiro atoms. The van der Waals surface area contributed by atoms with Gasteiger partial charge in [0, 0.05) is 58.5 Å². The molecule has 1 radical (unpaired) electrons. The van der Waals surface area contributed by atoms with E-state index in [0.717, 1.165) is 69.6 Å². The van der Waals surface area contributed by atoms with Crippen LogP contribution in [0.4, 0.5) is 0 Å². The van der Waals surface area contributed by atoms with E-state index in [1.807, 2.05) is 46.0 Å². The van der Waals surface area contributed by atoms with E-state index in [9.17, 15) is 9.90 Å². The summed E-state index contributed by atoms with van der Waals surface area (Å²) in [6.45, 7) is 21.4. The Hall–Kier alpha value is -2.90. The second-order valence-corrected chi connectivity index (χ2v) is 16.7. The first-order valence-electron chi connectivity index (χ1n) is 17.8. The molecule has 0 bridgehead atoms. The molecule has 269 valence electrons.